The van der Waals surface area contributed by atoms with Crippen molar-refractivity contribution in [1.29, 1.82) is 0 Å². The van der Waals surface area contributed by atoms with Gasteiger partial charge in [-0.1, -0.05) is 30.3 Å². The average Bonchev–Trinajstić information content (AvgIpc) is 2.96. The molecule has 0 saturated heterocycles. The molecule has 0 aromatic heterocycles. The first-order chi connectivity index (χ1) is 12.3. The second-order valence-electron chi connectivity index (χ2n) is 6.15. The van der Waals surface area contributed by atoms with Crippen LogP contribution in [-0.2, 0) is 19.0 Å². The highest BCUT2D eigenvalue weighted by Gasteiger charge is 2.51. The second kappa shape index (κ2) is 6.59. The van der Waals surface area contributed by atoms with Crippen molar-refractivity contribution in [1.82, 2.24) is 4.90 Å². The van der Waals surface area contributed by atoms with Crippen molar-refractivity contribution in [2.45, 2.75) is 26.0 Å². The Morgan fingerprint density at radius 2 is 1.85 bits per heavy atom. The zero-order valence-corrected chi connectivity index (χ0v) is 15.0. The van der Waals surface area contributed by atoms with Gasteiger partial charge in [0.25, 0.3) is 0 Å². The molecule has 1 aromatic carbocycles. The molecule has 0 spiro atoms. The number of carbonyl (C=O) groups excluding carboxylic acids is 2. The highest BCUT2D eigenvalue weighted by molar-refractivity contribution is 6.06. The number of ether oxygens (including phenoxy) is 3. The molecule has 138 valence electrons. The molecular formula is C19H20NO6-. The van der Waals surface area contributed by atoms with Gasteiger partial charge in [-0.15, -0.1) is 0 Å². The number of methoxy groups -OCH3 is 2. The van der Waals surface area contributed by atoms with Gasteiger partial charge < -0.3 is 24.2 Å². The highest BCUT2D eigenvalue weighted by Crippen LogP contribution is 2.43. The van der Waals surface area contributed by atoms with Crippen molar-refractivity contribution < 1.29 is 28.9 Å². The van der Waals surface area contributed by atoms with Crippen molar-refractivity contribution in [3.05, 3.63) is 59.0 Å². The second-order valence-corrected chi connectivity index (χ2v) is 6.15. The maximum atomic E-state index is 13.2. The number of benzene rings is 1. The van der Waals surface area contributed by atoms with Crippen molar-refractivity contribution in [2.24, 2.45) is 5.92 Å². The van der Waals surface area contributed by atoms with Crippen LogP contribution in [0.15, 0.2) is 53.4 Å². The molecule has 1 aromatic rings. The Labute approximate surface area is 151 Å². The molecule has 0 radical (unpaired) electrons. The minimum Gasteiger partial charge on any atom is -0.808 e. The number of allylic oxidation sites excluding steroid dienone is 2. The summed E-state index contributed by atoms with van der Waals surface area (Å²) >= 11 is 0. The number of rotatable bonds is 4. The lowest BCUT2D eigenvalue weighted by molar-refractivity contribution is -0.577. The Kier molecular flexibility index (Phi) is 4.60. The number of esters is 1. The van der Waals surface area contributed by atoms with E-state index in [1.54, 1.807) is 44.2 Å². The smallest absolute Gasteiger partial charge is 0.334 e. The molecule has 0 aliphatic carbocycles. The van der Waals surface area contributed by atoms with E-state index in [9.17, 15) is 14.7 Å². The number of Topliss-reactive ketones (excluding diaryl/α,β-unsaturated/α-hetero) is 1. The Morgan fingerprint density at radius 1 is 1.19 bits per heavy atom. The summed E-state index contributed by atoms with van der Waals surface area (Å²) in [5.74, 6) is -3.80. The van der Waals surface area contributed by atoms with Crippen LogP contribution in [0.1, 0.15) is 24.2 Å². The number of ketones is 1. The summed E-state index contributed by atoms with van der Waals surface area (Å²) in [5.41, 5.74) is 0.897. The third kappa shape index (κ3) is 2.69. The monoisotopic (exact) mass is 358 g/mol. The largest absolute Gasteiger partial charge is 0.808 e. The predicted molar refractivity (Wildman–Crippen MR) is 89.2 cm³/mol. The Bertz CT molecular complexity index is 800. The summed E-state index contributed by atoms with van der Waals surface area (Å²) in [6.07, 6.45) is 0.117. The van der Waals surface area contributed by atoms with E-state index in [4.69, 9.17) is 14.2 Å². The van der Waals surface area contributed by atoms with Crippen molar-refractivity contribution in [3.63, 3.8) is 0 Å². The summed E-state index contributed by atoms with van der Waals surface area (Å²) in [6.45, 7) is 3.41. The fraction of sp³-hybridized carbons (Fsp3) is 0.368. The number of fused-ring (bicyclic) bond motifs is 1. The SMILES string of the molecule is COC(=O)C1=CC([O-])(OC)N2C(C)=C(C)OC2C1C(=O)c1ccccc1. The molecule has 0 fully saturated rings. The molecule has 7 heteroatoms. The van der Waals surface area contributed by atoms with Gasteiger partial charge in [0.1, 0.15) is 11.7 Å². The normalized spacial score (nSPS) is 27.6. The minimum absolute atomic E-state index is 0.0676. The molecule has 3 unspecified atom stereocenters. The fourth-order valence-electron chi connectivity index (χ4n) is 3.33. The first-order valence-electron chi connectivity index (χ1n) is 8.13. The van der Waals surface area contributed by atoms with Crippen LogP contribution in [-0.4, -0.2) is 43.0 Å². The third-order valence-corrected chi connectivity index (χ3v) is 4.77. The minimum atomic E-state index is -2.18. The molecule has 26 heavy (non-hydrogen) atoms. The molecular weight excluding hydrogens is 338 g/mol. The molecule has 3 rings (SSSR count). The third-order valence-electron chi connectivity index (χ3n) is 4.77. The number of hydrogen-bond donors (Lipinski definition) is 0. The molecule has 2 aliphatic heterocycles. The molecule has 0 bridgehead atoms. The van der Waals surface area contributed by atoms with E-state index >= 15 is 0 Å². The van der Waals surface area contributed by atoms with Crippen LogP contribution in [0.25, 0.3) is 0 Å². The van der Waals surface area contributed by atoms with Gasteiger partial charge in [0.05, 0.1) is 24.3 Å². The molecule has 7 nitrogen and oxygen atoms in total. The van der Waals surface area contributed by atoms with Crippen LogP contribution < -0.4 is 5.11 Å². The number of carbonyl (C=O) groups is 2. The van der Waals surface area contributed by atoms with Crippen LogP contribution in [0.5, 0.6) is 0 Å². The maximum absolute atomic E-state index is 13.2. The number of nitrogens with zero attached hydrogens (tertiary/aromatic N) is 1. The van der Waals surface area contributed by atoms with Crippen LogP contribution in [0.4, 0.5) is 0 Å². The van der Waals surface area contributed by atoms with E-state index in [-0.39, 0.29) is 11.4 Å². The first-order valence-corrected chi connectivity index (χ1v) is 8.13. The predicted octanol–water partition coefficient (Wildman–Crippen LogP) is 1.17. The van der Waals surface area contributed by atoms with E-state index in [0.29, 0.717) is 17.0 Å². The fourth-order valence-corrected chi connectivity index (χ4v) is 3.33. The topological polar surface area (TPSA) is 88.1 Å². The van der Waals surface area contributed by atoms with Gasteiger partial charge in [0.15, 0.2) is 12.0 Å². The van der Waals surface area contributed by atoms with Gasteiger partial charge in [-0.25, -0.2) is 4.79 Å². The van der Waals surface area contributed by atoms with Crippen molar-refractivity contribution in [3.8, 4) is 0 Å². The molecule has 0 saturated carbocycles. The van der Waals surface area contributed by atoms with E-state index in [1.165, 1.54) is 19.1 Å². The Hall–Kier alpha value is -2.64. The van der Waals surface area contributed by atoms with Gasteiger partial charge in [0.2, 0.25) is 0 Å². The lowest BCUT2D eigenvalue weighted by Gasteiger charge is -2.52. The maximum Gasteiger partial charge on any atom is 0.334 e. The van der Waals surface area contributed by atoms with Crippen LogP contribution in [0.2, 0.25) is 0 Å². The average molecular weight is 358 g/mol. The summed E-state index contributed by atoms with van der Waals surface area (Å²) < 4.78 is 15.7. The quantitative estimate of drug-likeness (QED) is 0.453. The summed E-state index contributed by atoms with van der Waals surface area (Å²) in [6, 6.07) is 8.55. The van der Waals surface area contributed by atoms with E-state index in [2.05, 4.69) is 0 Å². The Morgan fingerprint density at radius 3 is 2.42 bits per heavy atom. The molecule has 0 amide bonds. The lowest BCUT2D eigenvalue weighted by Crippen LogP contribution is -2.65. The molecule has 2 aliphatic rings. The lowest BCUT2D eigenvalue weighted by atomic mass is 9.84. The number of hydrogen-bond acceptors (Lipinski definition) is 7. The van der Waals surface area contributed by atoms with Gasteiger partial charge in [-0.3, -0.25) is 4.79 Å². The van der Waals surface area contributed by atoms with Crippen LogP contribution in [0.3, 0.4) is 0 Å². The molecule has 0 N–H and O–H groups in total. The molecule has 3 atom stereocenters. The summed E-state index contributed by atoms with van der Waals surface area (Å²) in [5, 5.41) is 13.2. The van der Waals surface area contributed by atoms with Gasteiger partial charge in [0, 0.05) is 12.7 Å². The van der Waals surface area contributed by atoms with Crippen molar-refractivity contribution >= 4 is 11.8 Å². The summed E-state index contributed by atoms with van der Waals surface area (Å²) in [4.78, 5) is 26.9. The van der Waals surface area contributed by atoms with E-state index in [0.717, 1.165) is 6.08 Å². The highest BCUT2D eigenvalue weighted by atomic mass is 16.7. The van der Waals surface area contributed by atoms with Gasteiger partial charge in [-0.05, 0) is 19.9 Å². The molecule has 2 heterocycles. The van der Waals surface area contributed by atoms with E-state index < -0.39 is 24.0 Å². The standard InChI is InChI=1S/C19H20NO6/c1-11-12(2)26-17-15(16(21)13-8-6-5-7-9-13)14(18(22)24-3)10-19(23,25-4)20(11)17/h5-10,15,17H,1-4H3/q-1. The Balaban J connectivity index is 2.15. The van der Waals surface area contributed by atoms with Crippen LogP contribution in [0, 0.1) is 5.92 Å². The van der Waals surface area contributed by atoms with Gasteiger partial charge in [-0.2, -0.15) is 0 Å². The van der Waals surface area contributed by atoms with Crippen LogP contribution >= 0.6 is 0 Å². The summed E-state index contributed by atoms with van der Waals surface area (Å²) in [7, 11) is 2.44. The zero-order valence-electron chi connectivity index (χ0n) is 15.0. The van der Waals surface area contributed by atoms with E-state index in [1.807, 2.05) is 0 Å². The van der Waals surface area contributed by atoms with Crippen molar-refractivity contribution in [2.75, 3.05) is 14.2 Å². The van der Waals surface area contributed by atoms with Gasteiger partial charge >= 0.3 is 5.97 Å². The zero-order chi connectivity index (χ0) is 19.1. The first kappa shape index (κ1) is 18.2.